The largest absolute Gasteiger partial charge is 0.348 e. The number of aromatic nitrogens is 2. The number of benzene rings is 1. The molecule has 0 unspecified atom stereocenters. The number of carbonyl (C=O) groups is 1. The van der Waals surface area contributed by atoms with Gasteiger partial charge in [0, 0.05) is 6.04 Å². The predicted octanol–water partition coefficient (Wildman–Crippen LogP) is 3.70. The summed E-state index contributed by atoms with van der Waals surface area (Å²) in [6.45, 7) is 0. The fourth-order valence-corrected chi connectivity index (χ4v) is 2.78. The molecule has 132 valence electrons. The van der Waals surface area contributed by atoms with Gasteiger partial charge in [0.25, 0.3) is 5.91 Å². The van der Waals surface area contributed by atoms with Crippen LogP contribution in [-0.4, -0.2) is 21.9 Å². The van der Waals surface area contributed by atoms with Crippen molar-refractivity contribution >= 4 is 17.4 Å². The lowest BCUT2D eigenvalue weighted by Gasteiger charge is -2.22. The van der Waals surface area contributed by atoms with Crippen molar-refractivity contribution in [3.8, 4) is 0 Å². The minimum Gasteiger partial charge on any atom is -0.348 e. The lowest BCUT2D eigenvalue weighted by Crippen LogP contribution is -2.36. The van der Waals surface area contributed by atoms with E-state index in [1.54, 1.807) is 0 Å². The molecule has 1 heterocycles. The Hall–Kier alpha value is -2.64. The number of anilines is 2. The number of nitrogens with one attached hydrogen (secondary N) is 2. The molecule has 0 spiro atoms. The molecule has 1 fully saturated rings. The highest BCUT2D eigenvalue weighted by Crippen LogP contribution is 2.22. The van der Waals surface area contributed by atoms with Gasteiger partial charge in [-0.25, -0.2) is 23.1 Å². The Morgan fingerprint density at radius 2 is 1.76 bits per heavy atom. The molecule has 1 aromatic heterocycles. The number of hydrogen-bond acceptors (Lipinski definition) is 4. The van der Waals surface area contributed by atoms with Gasteiger partial charge < -0.3 is 10.6 Å². The maximum Gasteiger partial charge on any atom is 0.271 e. The first-order chi connectivity index (χ1) is 12.0. The van der Waals surface area contributed by atoms with E-state index in [1.807, 2.05) is 0 Å². The smallest absolute Gasteiger partial charge is 0.271 e. The van der Waals surface area contributed by atoms with Crippen molar-refractivity contribution in [2.24, 2.45) is 0 Å². The summed E-state index contributed by atoms with van der Waals surface area (Å²) in [6, 6.07) is 2.01. The van der Waals surface area contributed by atoms with Gasteiger partial charge in [0.05, 0.1) is 18.1 Å². The fourth-order valence-electron chi connectivity index (χ4n) is 2.78. The number of amides is 1. The van der Waals surface area contributed by atoms with Gasteiger partial charge >= 0.3 is 0 Å². The summed E-state index contributed by atoms with van der Waals surface area (Å²) in [7, 11) is 0. The van der Waals surface area contributed by atoms with Crippen molar-refractivity contribution in [1.82, 2.24) is 15.3 Å². The van der Waals surface area contributed by atoms with Crippen molar-refractivity contribution < 1.29 is 18.0 Å². The first kappa shape index (κ1) is 17.2. The Morgan fingerprint density at radius 3 is 2.44 bits per heavy atom. The zero-order valence-electron chi connectivity index (χ0n) is 13.4. The predicted molar refractivity (Wildman–Crippen MR) is 86.0 cm³/mol. The van der Waals surface area contributed by atoms with Crippen LogP contribution < -0.4 is 10.6 Å². The Morgan fingerprint density at radius 1 is 1.00 bits per heavy atom. The van der Waals surface area contributed by atoms with Gasteiger partial charge in [-0.1, -0.05) is 19.3 Å². The van der Waals surface area contributed by atoms with Gasteiger partial charge in [-0.2, -0.15) is 0 Å². The van der Waals surface area contributed by atoms with Crippen LogP contribution in [-0.2, 0) is 0 Å². The Bertz CT molecular complexity index is 761. The second-order valence-corrected chi connectivity index (χ2v) is 5.94. The van der Waals surface area contributed by atoms with E-state index in [-0.39, 0.29) is 29.1 Å². The summed E-state index contributed by atoms with van der Waals surface area (Å²) < 4.78 is 39.8. The van der Waals surface area contributed by atoms with E-state index in [0.717, 1.165) is 37.8 Å². The molecule has 2 N–H and O–H groups in total. The quantitative estimate of drug-likeness (QED) is 0.825. The molecule has 8 heteroatoms. The number of nitrogens with zero attached hydrogens (tertiary/aromatic N) is 2. The van der Waals surface area contributed by atoms with Crippen LogP contribution in [0.3, 0.4) is 0 Å². The van der Waals surface area contributed by atoms with Crippen molar-refractivity contribution in [1.29, 1.82) is 0 Å². The van der Waals surface area contributed by atoms with E-state index < -0.39 is 17.5 Å². The standard InChI is InChI=1S/C17H17F3N4O/c18-11-6-7-12(16(20)15(11)19)24-14-9-21-13(8-22-14)17(25)23-10-4-2-1-3-5-10/h6-10H,1-5H2,(H,22,24)(H,23,25). The highest BCUT2D eigenvalue weighted by Gasteiger charge is 2.18. The number of carbonyl (C=O) groups excluding carboxylic acids is 1. The van der Waals surface area contributed by atoms with E-state index >= 15 is 0 Å². The van der Waals surface area contributed by atoms with Gasteiger partial charge in [0.2, 0.25) is 0 Å². The average molecular weight is 350 g/mol. The van der Waals surface area contributed by atoms with Crippen molar-refractivity contribution in [2.75, 3.05) is 5.32 Å². The lowest BCUT2D eigenvalue weighted by molar-refractivity contribution is 0.0922. The third-order valence-corrected chi connectivity index (χ3v) is 4.12. The second-order valence-electron chi connectivity index (χ2n) is 5.94. The van der Waals surface area contributed by atoms with Crippen LogP contribution in [0.1, 0.15) is 42.6 Å². The second kappa shape index (κ2) is 7.50. The van der Waals surface area contributed by atoms with Crippen LogP contribution in [0.25, 0.3) is 0 Å². The van der Waals surface area contributed by atoms with Crippen molar-refractivity contribution in [3.63, 3.8) is 0 Å². The minimum absolute atomic E-state index is 0.110. The van der Waals surface area contributed by atoms with E-state index in [0.29, 0.717) is 0 Å². The third kappa shape index (κ3) is 4.07. The normalized spacial score (nSPS) is 15.0. The Kier molecular flexibility index (Phi) is 5.16. The van der Waals surface area contributed by atoms with Gasteiger partial charge in [-0.3, -0.25) is 4.79 Å². The van der Waals surface area contributed by atoms with Crippen LogP contribution in [0, 0.1) is 17.5 Å². The highest BCUT2D eigenvalue weighted by atomic mass is 19.2. The van der Waals surface area contributed by atoms with Crippen molar-refractivity contribution in [3.05, 3.63) is 47.7 Å². The maximum atomic E-state index is 13.6. The zero-order chi connectivity index (χ0) is 17.8. The molecular formula is C17H17F3N4O. The Balaban J connectivity index is 1.66. The molecule has 0 aliphatic heterocycles. The molecule has 0 bridgehead atoms. The van der Waals surface area contributed by atoms with Crippen LogP contribution in [0.4, 0.5) is 24.7 Å². The molecule has 3 rings (SSSR count). The molecular weight excluding hydrogens is 333 g/mol. The van der Waals surface area contributed by atoms with Crippen LogP contribution >= 0.6 is 0 Å². The molecule has 25 heavy (non-hydrogen) atoms. The summed E-state index contributed by atoms with van der Waals surface area (Å²) in [4.78, 5) is 20.1. The van der Waals surface area contributed by atoms with Gasteiger partial charge in [-0.15, -0.1) is 0 Å². The van der Waals surface area contributed by atoms with E-state index in [2.05, 4.69) is 20.6 Å². The molecule has 0 atom stereocenters. The lowest BCUT2D eigenvalue weighted by atomic mass is 9.95. The molecule has 1 aliphatic rings. The van der Waals surface area contributed by atoms with Gasteiger partial charge in [-0.05, 0) is 25.0 Å². The monoisotopic (exact) mass is 350 g/mol. The molecule has 1 amide bonds. The summed E-state index contributed by atoms with van der Waals surface area (Å²) >= 11 is 0. The van der Waals surface area contributed by atoms with E-state index in [4.69, 9.17) is 0 Å². The van der Waals surface area contributed by atoms with Gasteiger partial charge in [0.15, 0.2) is 17.5 Å². The summed E-state index contributed by atoms with van der Waals surface area (Å²) in [5.74, 6) is -4.39. The number of hydrogen-bond donors (Lipinski definition) is 2. The van der Waals surface area contributed by atoms with Crippen LogP contribution in [0.15, 0.2) is 24.5 Å². The Labute approximate surface area is 142 Å². The molecule has 0 saturated heterocycles. The van der Waals surface area contributed by atoms with Crippen LogP contribution in [0.5, 0.6) is 0 Å². The summed E-state index contributed by atoms with van der Waals surface area (Å²) in [5, 5.41) is 5.41. The van der Waals surface area contributed by atoms with Gasteiger partial charge in [0.1, 0.15) is 11.5 Å². The highest BCUT2D eigenvalue weighted by molar-refractivity contribution is 5.92. The molecule has 1 saturated carbocycles. The van der Waals surface area contributed by atoms with E-state index in [1.165, 1.54) is 18.8 Å². The SMILES string of the molecule is O=C(NC1CCCCC1)c1cnc(Nc2ccc(F)c(F)c2F)cn1. The molecule has 1 aliphatic carbocycles. The first-order valence-electron chi connectivity index (χ1n) is 8.08. The van der Waals surface area contributed by atoms with Crippen LogP contribution in [0.2, 0.25) is 0 Å². The van der Waals surface area contributed by atoms with Crippen molar-refractivity contribution in [2.45, 2.75) is 38.1 Å². The number of halogens is 3. The van der Waals surface area contributed by atoms with E-state index in [9.17, 15) is 18.0 Å². The topological polar surface area (TPSA) is 66.9 Å². The fraction of sp³-hybridized carbons (Fsp3) is 0.353. The molecule has 1 aromatic carbocycles. The molecule has 5 nitrogen and oxygen atoms in total. The first-order valence-corrected chi connectivity index (χ1v) is 8.08. The zero-order valence-corrected chi connectivity index (χ0v) is 13.4. The molecule has 2 aromatic rings. The summed E-state index contributed by atoms with van der Waals surface area (Å²) in [6.07, 6.45) is 7.77. The average Bonchev–Trinajstić information content (AvgIpc) is 2.63. The number of rotatable bonds is 4. The molecule has 0 radical (unpaired) electrons. The third-order valence-electron chi connectivity index (χ3n) is 4.12. The summed E-state index contributed by atoms with van der Waals surface area (Å²) in [5.41, 5.74) is -0.130. The maximum absolute atomic E-state index is 13.6. The minimum atomic E-state index is -1.57.